The Hall–Kier alpha value is -1.08. The van der Waals surface area contributed by atoms with Gasteiger partial charge in [-0.05, 0) is 44.9 Å². The first kappa shape index (κ1) is 18.7. The van der Waals surface area contributed by atoms with Crippen LogP contribution in [0.2, 0.25) is 0 Å². The molecule has 0 aromatic heterocycles. The molecule has 2 aliphatic rings. The molecule has 1 aromatic carbocycles. The van der Waals surface area contributed by atoms with Gasteiger partial charge < -0.3 is 10.2 Å². The number of nitrogens with one attached hydrogen (secondary N) is 1. The van der Waals surface area contributed by atoms with Gasteiger partial charge in [0, 0.05) is 36.1 Å². The van der Waals surface area contributed by atoms with E-state index in [1.165, 1.54) is 5.56 Å². The average molecular weight is 428 g/mol. The van der Waals surface area contributed by atoms with Crippen LogP contribution in [0.5, 0.6) is 0 Å². The molecule has 0 amide bonds. The largest absolute Gasteiger partial charge is 0.353 e. The molecule has 2 unspecified atom stereocenters. The van der Waals surface area contributed by atoms with E-state index in [4.69, 9.17) is 0 Å². The number of sulfone groups is 1. The van der Waals surface area contributed by atoms with Crippen LogP contribution < -0.4 is 5.32 Å². The Morgan fingerprint density at radius 3 is 2.64 bits per heavy atom. The summed E-state index contributed by atoms with van der Waals surface area (Å²) in [6.07, 6.45) is 1.08. The summed E-state index contributed by atoms with van der Waals surface area (Å²) in [6, 6.07) is 8.83. The lowest BCUT2D eigenvalue weighted by Gasteiger charge is -2.39. The Bertz CT molecular complexity index is 759. The fourth-order valence-electron chi connectivity index (χ4n) is 3.31. The molecule has 1 N–H and O–H groups in total. The predicted octanol–water partition coefficient (Wildman–Crippen LogP) is 2.78. The third-order valence-electron chi connectivity index (χ3n) is 5.05. The van der Waals surface area contributed by atoms with E-state index in [0.717, 1.165) is 16.9 Å². The Balaban J connectivity index is 1.67. The van der Waals surface area contributed by atoms with E-state index in [0.29, 0.717) is 31.6 Å². The fourth-order valence-corrected chi connectivity index (χ4v) is 4.94. The van der Waals surface area contributed by atoms with E-state index in [-0.39, 0.29) is 5.75 Å². The maximum atomic E-state index is 12.2. The zero-order chi connectivity index (χ0) is 18.2. The second kappa shape index (κ2) is 6.91. The Labute approximate surface area is 158 Å². The third-order valence-corrected chi connectivity index (χ3v) is 8.12. The van der Waals surface area contributed by atoms with Gasteiger partial charge in [-0.2, -0.15) is 0 Å². The second-order valence-corrected chi connectivity index (χ2v) is 11.1. The van der Waals surface area contributed by atoms with Gasteiger partial charge in [-0.3, -0.25) is 4.99 Å². The highest BCUT2D eigenvalue weighted by molar-refractivity contribution is 9.10. The van der Waals surface area contributed by atoms with Crippen LogP contribution in [0.25, 0.3) is 0 Å². The number of aliphatic imine (C=N–C) groups is 1. The van der Waals surface area contributed by atoms with Crippen LogP contribution >= 0.6 is 15.9 Å². The molecule has 0 radical (unpaired) electrons. The molecule has 7 heteroatoms. The maximum absolute atomic E-state index is 12.2. The Morgan fingerprint density at radius 1 is 1.36 bits per heavy atom. The number of benzene rings is 1. The summed E-state index contributed by atoms with van der Waals surface area (Å²) in [7, 11) is -3.04. The zero-order valence-corrected chi connectivity index (χ0v) is 17.4. The highest BCUT2D eigenvalue weighted by Gasteiger charge is 2.43. The van der Waals surface area contributed by atoms with Crippen LogP contribution in [0.15, 0.2) is 33.7 Å². The fraction of sp³-hybridized carbons (Fsp3) is 0.611. The molecular weight excluding hydrogens is 402 g/mol. The van der Waals surface area contributed by atoms with Crippen molar-refractivity contribution in [3.63, 3.8) is 0 Å². The average Bonchev–Trinajstić information content (AvgIpc) is 3.30. The topological polar surface area (TPSA) is 61.8 Å². The summed E-state index contributed by atoms with van der Waals surface area (Å²) in [5.74, 6) is 1.53. The van der Waals surface area contributed by atoms with Crippen LogP contribution in [0.3, 0.4) is 0 Å². The number of rotatable bonds is 3. The van der Waals surface area contributed by atoms with E-state index in [1.807, 2.05) is 6.92 Å². The molecule has 1 saturated heterocycles. The first-order valence-electron chi connectivity index (χ1n) is 8.77. The molecule has 1 aromatic rings. The Kier molecular flexibility index (Phi) is 5.17. The van der Waals surface area contributed by atoms with E-state index < -0.39 is 14.6 Å². The van der Waals surface area contributed by atoms with Gasteiger partial charge in [-0.25, -0.2) is 8.42 Å². The first-order valence-corrected chi connectivity index (χ1v) is 11.2. The smallest absolute Gasteiger partial charge is 0.194 e. The molecule has 1 aliphatic heterocycles. The number of hydrogen-bond donors (Lipinski definition) is 1. The minimum Gasteiger partial charge on any atom is -0.353 e. The van der Waals surface area contributed by atoms with E-state index in [9.17, 15) is 8.42 Å². The van der Waals surface area contributed by atoms with Crippen molar-refractivity contribution in [1.82, 2.24) is 10.2 Å². The number of guanidine groups is 1. The minimum atomic E-state index is -3.04. The van der Waals surface area contributed by atoms with Crippen molar-refractivity contribution in [1.29, 1.82) is 0 Å². The molecule has 1 aliphatic carbocycles. The molecule has 0 bridgehead atoms. The standard InChI is InChI=1S/C18H26BrN3O2S/c1-4-20-17(22-9-10-25(23,24)18(2,3)12-22)21-16-11-15(16)13-5-7-14(19)8-6-13/h5-8,15-16H,4,9-12H2,1-3H3,(H,20,21). The second-order valence-electron chi connectivity index (χ2n) is 7.44. The predicted molar refractivity (Wildman–Crippen MR) is 106 cm³/mol. The quantitative estimate of drug-likeness (QED) is 0.594. The lowest BCUT2D eigenvalue weighted by molar-refractivity contribution is 0.352. The molecular formula is C18H26BrN3O2S. The molecule has 0 spiro atoms. The summed E-state index contributed by atoms with van der Waals surface area (Å²) in [6.45, 7) is 7.29. The normalized spacial score (nSPS) is 27.8. The van der Waals surface area contributed by atoms with Gasteiger partial charge in [-0.1, -0.05) is 28.1 Å². The van der Waals surface area contributed by atoms with Gasteiger partial charge in [0.1, 0.15) is 0 Å². The van der Waals surface area contributed by atoms with E-state index in [2.05, 4.69) is 55.4 Å². The Morgan fingerprint density at radius 2 is 2.04 bits per heavy atom. The summed E-state index contributed by atoms with van der Waals surface area (Å²) < 4.78 is 24.8. The van der Waals surface area contributed by atoms with Gasteiger partial charge in [0.2, 0.25) is 0 Å². The van der Waals surface area contributed by atoms with Crippen molar-refractivity contribution in [3.8, 4) is 0 Å². The van der Waals surface area contributed by atoms with E-state index >= 15 is 0 Å². The number of hydrogen-bond acceptors (Lipinski definition) is 3. The molecule has 25 heavy (non-hydrogen) atoms. The molecule has 1 heterocycles. The molecule has 2 fully saturated rings. The summed E-state index contributed by atoms with van der Waals surface area (Å²) in [5.41, 5.74) is 1.33. The van der Waals surface area contributed by atoms with Crippen LogP contribution in [0.4, 0.5) is 0 Å². The maximum Gasteiger partial charge on any atom is 0.194 e. The van der Waals surface area contributed by atoms with Gasteiger partial charge in [0.05, 0.1) is 10.5 Å². The summed E-state index contributed by atoms with van der Waals surface area (Å²) in [4.78, 5) is 6.71. The van der Waals surface area contributed by atoms with Crippen molar-refractivity contribution < 1.29 is 8.42 Å². The molecule has 5 nitrogen and oxygen atoms in total. The number of nitrogens with zero attached hydrogens (tertiary/aromatic N) is 2. The first-order chi connectivity index (χ1) is 11.7. The van der Waals surface area contributed by atoms with Crippen LogP contribution in [0.1, 0.15) is 38.7 Å². The molecule has 138 valence electrons. The van der Waals surface area contributed by atoms with Gasteiger partial charge >= 0.3 is 0 Å². The minimum absolute atomic E-state index is 0.186. The summed E-state index contributed by atoms with van der Waals surface area (Å²) in [5, 5.41) is 3.56. The van der Waals surface area contributed by atoms with Gasteiger partial charge in [0.25, 0.3) is 0 Å². The SMILES string of the molecule is CCN=C(NC1CC1c1ccc(Br)cc1)N1CCS(=O)(=O)C(C)(C)C1. The van der Waals surface area contributed by atoms with Gasteiger partial charge in [-0.15, -0.1) is 0 Å². The molecule has 1 saturated carbocycles. The van der Waals surface area contributed by atoms with E-state index in [1.54, 1.807) is 13.8 Å². The molecule has 2 atom stereocenters. The summed E-state index contributed by atoms with van der Waals surface area (Å²) >= 11 is 3.47. The van der Waals surface area contributed by atoms with Crippen molar-refractivity contribution in [3.05, 3.63) is 34.3 Å². The highest BCUT2D eigenvalue weighted by atomic mass is 79.9. The van der Waals surface area contributed by atoms with Crippen molar-refractivity contribution in [2.45, 2.75) is 43.9 Å². The lowest BCUT2D eigenvalue weighted by Crippen LogP contribution is -2.57. The van der Waals surface area contributed by atoms with Crippen LogP contribution in [-0.2, 0) is 9.84 Å². The van der Waals surface area contributed by atoms with Gasteiger partial charge in [0.15, 0.2) is 15.8 Å². The van der Waals surface area contributed by atoms with Crippen molar-refractivity contribution in [2.24, 2.45) is 4.99 Å². The monoisotopic (exact) mass is 427 g/mol. The lowest BCUT2D eigenvalue weighted by atomic mass is 10.1. The van der Waals surface area contributed by atoms with Crippen LogP contribution in [0, 0.1) is 0 Å². The highest BCUT2D eigenvalue weighted by Crippen LogP contribution is 2.41. The number of halogens is 1. The zero-order valence-electron chi connectivity index (χ0n) is 15.0. The van der Waals surface area contributed by atoms with Crippen LogP contribution in [-0.4, -0.2) is 55.5 Å². The molecule has 3 rings (SSSR count). The van der Waals surface area contributed by atoms with Crippen molar-refractivity contribution in [2.75, 3.05) is 25.4 Å². The van der Waals surface area contributed by atoms with Crippen molar-refractivity contribution >= 4 is 31.7 Å². The third kappa shape index (κ3) is 4.03.